The summed E-state index contributed by atoms with van der Waals surface area (Å²) in [7, 11) is 0. The van der Waals surface area contributed by atoms with Gasteiger partial charge in [0.25, 0.3) is 0 Å². The molecule has 0 spiro atoms. The van der Waals surface area contributed by atoms with E-state index in [1.807, 2.05) is 24.3 Å². The van der Waals surface area contributed by atoms with E-state index in [1.165, 1.54) is 25.1 Å². The summed E-state index contributed by atoms with van der Waals surface area (Å²) in [5, 5.41) is 39.9. The third-order valence-corrected chi connectivity index (χ3v) is 8.83. The zero-order valence-electron chi connectivity index (χ0n) is 26.4. The van der Waals surface area contributed by atoms with E-state index in [1.54, 1.807) is 48.5 Å². The number of halogens is 6. The molecule has 0 bridgehead atoms. The Kier molecular flexibility index (Phi) is 8.36. The summed E-state index contributed by atoms with van der Waals surface area (Å²) in [6, 6.07) is 26.0. The lowest BCUT2D eigenvalue weighted by atomic mass is 9.91. The van der Waals surface area contributed by atoms with Crippen LogP contribution in [0.25, 0.3) is 50.1 Å². The molecule has 0 unspecified atom stereocenters. The predicted octanol–water partition coefficient (Wildman–Crippen LogP) is 11.1. The number of fused-ring (bicyclic) bond motifs is 7. The molecule has 4 aromatic rings. The van der Waals surface area contributed by atoms with Crippen molar-refractivity contribution in [3.63, 3.8) is 0 Å². The first-order chi connectivity index (χ1) is 24.3. The average molecular weight is 683 g/mol. The monoisotopic (exact) mass is 682 g/mol. The molecule has 4 aromatic carbocycles. The minimum atomic E-state index is -4.56. The second-order valence-corrected chi connectivity index (χ2v) is 11.6. The van der Waals surface area contributed by atoms with Gasteiger partial charge in [-0.25, -0.2) is 0 Å². The van der Waals surface area contributed by atoms with E-state index in [9.17, 15) is 47.4 Å². The van der Waals surface area contributed by atoms with Crippen LogP contribution in [-0.4, -0.2) is 6.18 Å². The summed E-state index contributed by atoms with van der Waals surface area (Å²) in [4.78, 5) is 0. The zero-order valence-corrected chi connectivity index (χ0v) is 26.4. The lowest BCUT2D eigenvalue weighted by Gasteiger charge is -2.11. The molecule has 4 nitrogen and oxygen atoms in total. The molecular formula is C41H20F6N4. The number of nitriles is 4. The Hall–Kier alpha value is -6.88. The molecule has 0 atom stereocenters. The van der Waals surface area contributed by atoms with Crippen molar-refractivity contribution < 1.29 is 26.3 Å². The normalized spacial score (nSPS) is 13.0. The molecule has 0 aromatic heterocycles. The minimum Gasteiger partial charge on any atom is -0.192 e. The van der Waals surface area contributed by atoms with E-state index in [4.69, 9.17) is 0 Å². The van der Waals surface area contributed by atoms with Crippen molar-refractivity contribution in [1.29, 1.82) is 21.0 Å². The van der Waals surface area contributed by atoms with Gasteiger partial charge in [0.05, 0.1) is 11.1 Å². The summed E-state index contributed by atoms with van der Waals surface area (Å²) < 4.78 is 79.7. The number of nitrogens with zero attached hydrogens (tertiary/aromatic N) is 4. The van der Waals surface area contributed by atoms with E-state index >= 15 is 0 Å². The maximum Gasteiger partial charge on any atom is 0.416 e. The third kappa shape index (κ3) is 5.70. The Balaban J connectivity index is 1.57. The van der Waals surface area contributed by atoms with Gasteiger partial charge in [-0.1, -0.05) is 67.3 Å². The fraction of sp³-hybridized carbons (Fsp3) is 0.0732. The van der Waals surface area contributed by atoms with E-state index in [0.717, 1.165) is 24.3 Å². The molecule has 0 N–H and O–H groups in total. The van der Waals surface area contributed by atoms with Gasteiger partial charge in [-0.2, -0.15) is 47.4 Å². The van der Waals surface area contributed by atoms with E-state index in [2.05, 4.69) is 6.58 Å². The summed E-state index contributed by atoms with van der Waals surface area (Å²) in [6.07, 6.45) is -5.99. The summed E-state index contributed by atoms with van der Waals surface area (Å²) in [5.41, 5.74) is 4.69. The van der Waals surface area contributed by atoms with Gasteiger partial charge in [0.15, 0.2) is 0 Å². The van der Waals surface area contributed by atoms with Crippen molar-refractivity contribution in [2.45, 2.75) is 19.3 Å². The molecule has 0 amide bonds. The number of hydrogen-bond acceptors (Lipinski definition) is 4. The van der Waals surface area contributed by atoms with E-state index in [0.29, 0.717) is 72.3 Å². The molecule has 0 fully saturated rings. The van der Waals surface area contributed by atoms with Gasteiger partial charge in [-0.05, 0) is 104 Å². The van der Waals surface area contributed by atoms with Crippen molar-refractivity contribution in [2.24, 2.45) is 0 Å². The second-order valence-electron chi connectivity index (χ2n) is 11.6. The SMILES string of the molecule is C=C(/C=C\C(=C/C)C(F)(F)F)c1ccc2c(c1)C(=C(C#N)C#N)c1ccc3c(c1-2)-c1ccc(-c2ccc(C(F)(F)F)cc2)cc1C3=C(C#N)C#N. The van der Waals surface area contributed by atoms with Gasteiger partial charge in [0.1, 0.15) is 35.4 Å². The van der Waals surface area contributed by atoms with Crippen LogP contribution < -0.4 is 0 Å². The summed E-state index contributed by atoms with van der Waals surface area (Å²) in [6.45, 7) is 5.20. The van der Waals surface area contributed by atoms with Crippen LogP contribution in [0.4, 0.5) is 26.3 Å². The summed E-state index contributed by atoms with van der Waals surface area (Å²) >= 11 is 0. The van der Waals surface area contributed by atoms with Crippen LogP contribution in [0, 0.1) is 45.3 Å². The van der Waals surface area contributed by atoms with Crippen LogP contribution >= 0.6 is 0 Å². The van der Waals surface area contributed by atoms with Gasteiger partial charge < -0.3 is 0 Å². The second kappa shape index (κ2) is 12.5. The number of rotatable bonds is 4. The van der Waals surface area contributed by atoms with Crippen LogP contribution in [-0.2, 0) is 6.18 Å². The minimum absolute atomic E-state index is 0.193. The average Bonchev–Trinajstić information content (AvgIpc) is 3.61. The Morgan fingerprint density at radius 2 is 1.06 bits per heavy atom. The molecule has 0 aliphatic heterocycles. The van der Waals surface area contributed by atoms with Crippen LogP contribution in [0.1, 0.15) is 40.3 Å². The first kappa shape index (κ1) is 34.0. The Bertz CT molecular complexity index is 2460. The van der Waals surface area contributed by atoms with Crippen LogP contribution in [0.15, 0.2) is 114 Å². The first-order valence-corrected chi connectivity index (χ1v) is 15.1. The van der Waals surface area contributed by atoms with Crippen LogP contribution in [0.5, 0.6) is 0 Å². The molecule has 0 heterocycles. The first-order valence-electron chi connectivity index (χ1n) is 15.1. The molecule has 0 radical (unpaired) electrons. The van der Waals surface area contributed by atoms with Gasteiger partial charge in [0.2, 0.25) is 0 Å². The fourth-order valence-corrected chi connectivity index (χ4v) is 6.49. The Labute approximate surface area is 288 Å². The highest BCUT2D eigenvalue weighted by Gasteiger charge is 2.37. The standard InChI is InChI=1S/C41H20F6N4/c1-3-28(40(42,43)44)9-4-22(2)24-7-12-30-34(16-24)36(26(18-48)19-49)32-14-15-33-37(27(20-50)21-51)35-17-25(8-13-31(35)39(33)38(30)32)23-5-10-29(11-6-23)41(45,46)47/h3-17H,2H2,1H3/b9-4-,28-3+. The lowest BCUT2D eigenvalue weighted by Crippen LogP contribution is -2.09. The van der Waals surface area contributed by atoms with Crippen molar-refractivity contribution in [1.82, 2.24) is 0 Å². The smallest absolute Gasteiger partial charge is 0.192 e. The molecule has 6 rings (SSSR count). The van der Waals surface area contributed by atoms with Gasteiger partial charge in [-0.3, -0.25) is 0 Å². The molecule has 2 aliphatic rings. The number of allylic oxidation sites excluding steroid dienone is 7. The molecular weight excluding hydrogens is 662 g/mol. The topological polar surface area (TPSA) is 95.2 Å². The van der Waals surface area contributed by atoms with Gasteiger partial charge >= 0.3 is 12.4 Å². The van der Waals surface area contributed by atoms with E-state index < -0.39 is 23.5 Å². The zero-order chi connectivity index (χ0) is 36.8. The molecule has 2 aliphatic carbocycles. The molecule has 246 valence electrons. The van der Waals surface area contributed by atoms with Crippen molar-refractivity contribution in [2.75, 3.05) is 0 Å². The quantitative estimate of drug-likeness (QED) is 0.105. The maximum atomic E-state index is 13.3. The van der Waals surface area contributed by atoms with E-state index in [-0.39, 0.29) is 16.7 Å². The van der Waals surface area contributed by atoms with Crippen LogP contribution in [0.2, 0.25) is 0 Å². The predicted molar refractivity (Wildman–Crippen MR) is 180 cm³/mol. The number of benzene rings is 4. The molecule has 0 saturated heterocycles. The Morgan fingerprint density at radius 1 is 0.588 bits per heavy atom. The molecule has 51 heavy (non-hydrogen) atoms. The largest absolute Gasteiger partial charge is 0.416 e. The Morgan fingerprint density at radius 3 is 1.53 bits per heavy atom. The highest BCUT2D eigenvalue weighted by Crippen LogP contribution is 2.57. The fourth-order valence-electron chi connectivity index (χ4n) is 6.49. The molecule has 10 heteroatoms. The number of hydrogen-bond donors (Lipinski definition) is 0. The highest BCUT2D eigenvalue weighted by atomic mass is 19.4. The maximum absolute atomic E-state index is 13.3. The lowest BCUT2D eigenvalue weighted by molar-refractivity contribution is -0.137. The summed E-state index contributed by atoms with van der Waals surface area (Å²) in [5.74, 6) is 0. The van der Waals surface area contributed by atoms with Crippen molar-refractivity contribution in [3.05, 3.63) is 148 Å². The van der Waals surface area contributed by atoms with Crippen LogP contribution in [0.3, 0.4) is 0 Å². The third-order valence-electron chi connectivity index (χ3n) is 8.83. The number of alkyl halides is 6. The molecule has 0 saturated carbocycles. The van der Waals surface area contributed by atoms with Gasteiger partial charge in [-0.15, -0.1) is 0 Å². The van der Waals surface area contributed by atoms with Crippen molar-refractivity contribution >= 4 is 16.7 Å². The van der Waals surface area contributed by atoms with Crippen molar-refractivity contribution in [3.8, 4) is 57.7 Å². The van der Waals surface area contributed by atoms with Gasteiger partial charge in [0, 0.05) is 11.1 Å². The highest BCUT2D eigenvalue weighted by molar-refractivity contribution is 6.16.